The van der Waals surface area contributed by atoms with Gasteiger partial charge in [-0.05, 0) is 60.9 Å². The molecular formula is C22H16Cl2F2N2O3S. The average Bonchev–Trinajstić information content (AvgIpc) is 2.72. The Morgan fingerprint density at radius 1 is 1.00 bits per heavy atom. The predicted molar refractivity (Wildman–Crippen MR) is 120 cm³/mol. The van der Waals surface area contributed by atoms with Crippen LogP contribution in [0.3, 0.4) is 0 Å². The Labute approximate surface area is 193 Å². The normalized spacial score (nSPS) is 13.6. The van der Waals surface area contributed by atoms with Crippen molar-refractivity contribution >= 4 is 50.5 Å². The van der Waals surface area contributed by atoms with Gasteiger partial charge >= 0.3 is 0 Å². The Bertz CT molecular complexity index is 1310. The Hall–Kier alpha value is -2.68. The van der Waals surface area contributed by atoms with Crippen LogP contribution in [-0.2, 0) is 16.4 Å². The van der Waals surface area contributed by atoms with Crippen molar-refractivity contribution in [1.82, 2.24) is 0 Å². The number of halogens is 4. The van der Waals surface area contributed by atoms with E-state index in [0.717, 1.165) is 29.8 Å². The van der Waals surface area contributed by atoms with E-state index in [-0.39, 0.29) is 32.7 Å². The topological polar surface area (TPSA) is 66.5 Å². The molecule has 3 aromatic carbocycles. The molecule has 1 N–H and O–H groups in total. The molecule has 0 radical (unpaired) electrons. The van der Waals surface area contributed by atoms with Crippen molar-refractivity contribution in [1.29, 1.82) is 0 Å². The number of carbonyl (C=O) groups excluding carboxylic acids is 1. The van der Waals surface area contributed by atoms with Gasteiger partial charge in [0.05, 0.1) is 21.3 Å². The second-order valence-corrected chi connectivity index (χ2v) is 9.79. The molecule has 0 aliphatic carbocycles. The fourth-order valence-electron chi connectivity index (χ4n) is 3.58. The first-order chi connectivity index (χ1) is 15.2. The molecule has 0 aromatic heterocycles. The number of fused-ring (bicyclic) bond motifs is 1. The number of nitrogens with one attached hydrogen (secondary N) is 1. The van der Waals surface area contributed by atoms with E-state index in [1.54, 1.807) is 12.1 Å². The zero-order chi connectivity index (χ0) is 23.0. The number of aryl methyl sites for hydroxylation is 1. The van der Waals surface area contributed by atoms with E-state index in [0.29, 0.717) is 18.5 Å². The second kappa shape index (κ2) is 8.69. The van der Waals surface area contributed by atoms with Crippen molar-refractivity contribution in [2.75, 3.05) is 16.2 Å². The number of amides is 1. The van der Waals surface area contributed by atoms with E-state index in [1.807, 2.05) is 0 Å². The number of rotatable bonds is 4. The molecule has 0 bridgehead atoms. The first-order valence-corrected chi connectivity index (χ1v) is 11.7. The van der Waals surface area contributed by atoms with Crippen LogP contribution in [0.5, 0.6) is 0 Å². The highest BCUT2D eigenvalue weighted by Crippen LogP contribution is 2.36. The molecule has 0 spiro atoms. The summed E-state index contributed by atoms with van der Waals surface area (Å²) in [6, 6.07) is 11.8. The van der Waals surface area contributed by atoms with Gasteiger partial charge in [-0.25, -0.2) is 17.2 Å². The average molecular weight is 497 g/mol. The number of hydrogen-bond donors (Lipinski definition) is 1. The summed E-state index contributed by atoms with van der Waals surface area (Å²) in [4.78, 5) is 12.4. The Morgan fingerprint density at radius 3 is 2.50 bits per heavy atom. The van der Waals surface area contributed by atoms with Gasteiger partial charge in [0.2, 0.25) is 0 Å². The third-order valence-electron chi connectivity index (χ3n) is 5.07. The maximum atomic E-state index is 14.1. The SMILES string of the molecule is O=C(Nc1ccc2c(c1)N(S(=O)(=O)c1ccc(F)cc1Cl)CCC2)c1c(F)cccc1Cl. The zero-order valence-corrected chi connectivity index (χ0v) is 18.7. The first-order valence-electron chi connectivity index (χ1n) is 9.54. The summed E-state index contributed by atoms with van der Waals surface area (Å²) in [5.41, 5.74) is 1.06. The molecule has 0 saturated heterocycles. The van der Waals surface area contributed by atoms with Crippen LogP contribution < -0.4 is 9.62 Å². The maximum Gasteiger partial charge on any atom is 0.265 e. The summed E-state index contributed by atoms with van der Waals surface area (Å²) < 4.78 is 55.3. The molecule has 0 unspecified atom stereocenters. The second-order valence-electron chi connectivity index (χ2n) is 7.15. The van der Waals surface area contributed by atoms with Crippen LogP contribution in [0.2, 0.25) is 10.0 Å². The standard InChI is InChI=1S/C22H16Cl2F2N2O3S/c23-16-4-1-5-18(26)21(16)22(29)27-15-8-6-13-3-2-10-28(19(13)12-15)32(30,31)20-9-7-14(25)11-17(20)24/h1,4-9,11-12H,2-3,10H2,(H,27,29). The van der Waals surface area contributed by atoms with Crippen molar-refractivity contribution < 1.29 is 22.0 Å². The van der Waals surface area contributed by atoms with Crippen molar-refractivity contribution in [3.63, 3.8) is 0 Å². The number of hydrogen-bond acceptors (Lipinski definition) is 3. The Balaban J connectivity index is 1.70. The molecule has 166 valence electrons. The highest BCUT2D eigenvalue weighted by molar-refractivity contribution is 7.93. The largest absolute Gasteiger partial charge is 0.322 e. The molecular weight excluding hydrogens is 481 g/mol. The first kappa shape index (κ1) is 22.5. The Kier molecular flexibility index (Phi) is 6.11. The summed E-state index contributed by atoms with van der Waals surface area (Å²) in [5.74, 6) is -2.19. The number of benzene rings is 3. The number of sulfonamides is 1. The van der Waals surface area contributed by atoms with E-state index in [2.05, 4.69) is 5.32 Å². The third-order valence-corrected chi connectivity index (χ3v) is 7.68. The molecule has 4 rings (SSSR count). The highest BCUT2D eigenvalue weighted by atomic mass is 35.5. The van der Waals surface area contributed by atoms with Gasteiger partial charge in [0.15, 0.2) is 0 Å². The number of anilines is 2. The summed E-state index contributed by atoms with van der Waals surface area (Å²) in [6.45, 7) is 0.180. The van der Waals surface area contributed by atoms with Gasteiger partial charge in [-0.15, -0.1) is 0 Å². The lowest BCUT2D eigenvalue weighted by atomic mass is 10.0. The van der Waals surface area contributed by atoms with Gasteiger partial charge in [-0.1, -0.05) is 35.3 Å². The van der Waals surface area contributed by atoms with Gasteiger partial charge in [-0.3, -0.25) is 9.10 Å². The molecule has 0 atom stereocenters. The predicted octanol–water partition coefficient (Wildman–Crippen LogP) is 5.67. The smallest absolute Gasteiger partial charge is 0.265 e. The Morgan fingerprint density at radius 2 is 1.78 bits per heavy atom. The van der Waals surface area contributed by atoms with Crippen LogP contribution in [0.4, 0.5) is 20.2 Å². The summed E-state index contributed by atoms with van der Waals surface area (Å²) in [7, 11) is -4.09. The molecule has 1 aliphatic heterocycles. The molecule has 0 saturated carbocycles. The zero-order valence-electron chi connectivity index (χ0n) is 16.4. The van der Waals surface area contributed by atoms with Crippen LogP contribution in [0, 0.1) is 11.6 Å². The maximum absolute atomic E-state index is 14.1. The quantitative estimate of drug-likeness (QED) is 0.506. The van der Waals surface area contributed by atoms with Crippen molar-refractivity contribution in [2.24, 2.45) is 0 Å². The van der Waals surface area contributed by atoms with E-state index in [9.17, 15) is 22.0 Å². The summed E-state index contributed by atoms with van der Waals surface area (Å²) in [5, 5.41) is 2.29. The molecule has 1 amide bonds. The van der Waals surface area contributed by atoms with E-state index < -0.39 is 27.6 Å². The minimum Gasteiger partial charge on any atom is -0.322 e. The monoisotopic (exact) mass is 496 g/mol. The van der Waals surface area contributed by atoms with Crippen molar-refractivity contribution in [2.45, 2.75) is 17.7 Å². The minimum atomic E-state index is -4.09. The van der Waals surface area contributed by atoms with Crippen molar-refractivity contribution in [3.8, 4) is 0 Å². The van der Waals surface area contributed by atoms with Gasteiger partial charge < -0.3 is 5.32 Å². The van der Waals surface area contributed by atoms with E-state index >= 15 is 0 Å². The minimum absolute atomic E-state index is 0.0457. The lowest BCUT2D eigenvalue weighted by Gasteiger charge is -2.31. The van der Waals surface area contributed by atoms with Crippen LogP contribution in [0.1, 0.15) is 22.3 Å². The van der Waals surface area contributed by atoms with E-state index in [1.165, 1.54) is 22.5 Å². The highest BCUT2D eigenvalue weighted by Gasteiger charge is 2.31. The van der Waals surface area contributed by atoms with Crippen molar-refractivity contribution in [3.05, 3.63) is 87.4 Å². The molecule has 5 nitrogen and oxygen atoms in total. The number of carbonyl (C=O) groups is 1. The lowest BCUT2D eigenvalue weighted by Crippen LogP contribution is -2.35. The molecule has 10 heteroatoms. The molecule has 1 aliphatic rings. The van der Waals surface area contributed by atoms with E-state index in [4.69, 9.17) is 23.2 Å². The molecule has 32 heavy (non-hydrogen) atoms. The van der Waals surface area contributed by atoms with Crippen LogP contribution >= 0.6 is 23.2 Å². The van der Waals surface area contributed by atoms with Gasteiger partial charge in [0, 0.05) is 12.2 Å². The van der Waals surface area contributed by atoms with Gasteiger partial charge in [0.1, 0.15) is 16.5 Å². The van der Waals surface area contributed by atoms with Gasteiger partial charge in [0.25, 0.3) is 15.9 Å². The summed E-state index contributed by atoms with van der Waals surface area (Å²) in [6.07, 6.45) is 1.20. The lowest BCUT2D eigenvalue weighted by molar-refractivity contribution is 0.102. The van der Waals surface area contributed by atoms with Gasteiger partial charge in [-0.2, -0.15) is 0 Å². The fourth-order valence-corrected chi connectivity index (χ4v) is 5.87. The van der Waals surface area contributed by atoms with Crippen LogP contribution in [-0.4, -0.2) is 20.9 Å². The summed E-state index contributed by atoms with van der Waals surface area (Å²) >= 11 is 12.0. The van der Waals surface area contributed by atoms with Crippen LogP contribution in [0.15, 0.2) is 59.5 Å². The molecule has 0 fully saturated rings. The number of nitrogens with zero attached hydrogens (tertiary/aromatic N) is 1. The molecule has 3 aromatic rings. The van der Waals surface area contributed by atoms with Crippen LogP contribution in [0.25, 0.3) is 0 Å². The molecule has 1 heterocycles. The fraction of sp³-hybridized carbons (Fsp3) is 0.136. The third kappa shape index (κ3) is 4.18.